The molecule has 0 fully saturated rings. The molecule has 0 aliphatic rings. The van der Waals surface area contributed by atoms with E-state index in [1.165, 1.54) is 0 Å². The fourth-order valence-electron chi connectivity index (χ4n) is 1.60. The second-order valence-electron chi connectivity index (χ2n) is 4.07. The Labute approximate surface area is 120 Å². The lowest BCUT2D eigenvalue weighted by atomic mass is 10.3. The van der Waals surface area contributed by atoms with Crippen LogP contribution in [0.25, 0.3) is 0 Å². The van der Waals surface area contributed by atoms with Crippen LogP contribution in [-0.2, 0) is 6.54 Å². The predicted octanol–water partition coefficient (Wildman–Crippen LogP) is 3.92. The molecule has 6 heteroatoms. The van der Waals surface area contributed by atoms with Crippen molar-refractivity contribution < 1.29 is 13.5 Å². The molecule has 0 aliphatic carbocycles. The van der Waals surface area contributed by atoms with Gasteiger partial charge in [-0.05, 0) is 12.6 Å². The maximum Gasteiger partial charge on any atom is 0.219 e. The predicted molar refractivity (Wildman–Crippen MR) is 73.1 cm³/mol. The van der Waals surface area contributed by atoms with Gasteiger partial charge in [-0.3, -0.25) is 0 Å². The molecule has 2 rings (SSSR count). The molecule has 1 heterocycles. The zero-order chi connectivity index (χ0) is 14.5. The second-order valence-corrected chi connectivity index (χ2v) is 4.47. The summed E-state index contributed by atoms with van der Waals surface area (Å²) in [6.07, 6.45) is 0. The molecule has 20 heavy (non-hydrogen) atoms. The minimum atomic E-state index is -0.707. The Morgan fingerprint density at radius 1 is 1.20 bits per heavy atom. The Balaban J connectivity index is 2.20. The van der Waals surface area contributed by atoms with Crippen LogP contribution >= 0.6 is 11.6 Å². The minimum absolute atomic E-state index is 0.0479. The van der Waals surface area contributed by atoms with Gasteiger partial charge in [0.25, 0.3) is 0 Å². The fourth-order valence-corrected chi connectivity index (χ4v) is 1.77. The molecule has 1 N–H and O–H groups in total. The molecule has 0 spiro atoms. The van der Waals surface area contributed by atoms with Gasteiger partial charge in [-0.25, -0.2) is 13.8 Å². The molecule has 1 aromatic carbocycles. The molecule has 0 aliphatic heterocycles. The van der Waals surface area contributed by atoms with Gasteiger partial charge in [-0.15, -0.1) is 0 Å². The lowest BCUT2D eigenvalue weighted by Gasteiger charge is -2.09. The van der Waals surface area contributed by atoms with Gasteiger partial charge in [0, 0.05) is 30.8 Å². The van der Waals surface area contributed by atoms with Crippen LogP contribution in [0.5, 0.6) is 11.6 Å². The molecule has 2 aromatic rings. The van der Waals surface area contributed by atoms with E-state index in [1.54, 1.807) is 12.1 Å². The van der Waals surface area contributed by atoms with Crippen molar-refractivity contribution in [3.05, 3.63) is 52.7 Å². The zero-order valence-corrected chi connectivity index (χ0v) is 11.5. The maximum absolute atomic E-state index is 13.1. The van der Waals surface area contributed by atoms with Gasteiger partial charge < -0.3 is 10.1 Å². The van der Waals surface area contributed by atoms with E-state index in [4.69, 9.17) is 16.3 Å². The summed E-state index contributed by atoms with van der Waals surface area (Å²) < 4.78 is 31.5. The summed E-state index contributed by atoms with van der Waals surface area (Å²) in [5.74, 6) is -1.14. The van der Waals surface area contributed by atoms with E-state index in [2.05, 4.69) is 10.3 Å². The lowest BCUT2D eigenvalue weighted by molar-refractivity contribution is 0.448. The second kappa shape index (κ2) is 6.63. The number of halogens is 3. The van der Waals surface area contributed by atoms with Crippen molar-refractivity contribution in [3.63, 3.8) is 0 Å². The van der Waals surface area contributed by atoms with E-state index < -0.39 is 11.6 Å². The Morgan fingerprint density at radius 2 is 1.90 bits per heavy atom. The van der Waals surface area contributed by atoms with Crippen molar-refractivity contribution in [2.45, 2.75) is 13.5 Å². The average molecular weight is 299 g/mol. The maximum atomic E-state index is 13.1. The number of ether oxygens (including phenoxy) is 1. The Hall–Kier alpha value is -1.72. The van der Waals surface area contributed by atoms with Crippen LogP contribution in [0.1, 0.15) is 12.6 Å². The number of nitrogens with one attached hydrogen (secondary N) is 1. The Bertz CT molecular complexity index is 587. The summed E-state index contributed by atoms with van der Waals surface area (Å²) >= 11 is 6.01. The quantitative estimate of drug-likeness (QED) is 0.908. The summed E-state index contributed by atoms with van der Waals surface area (Å²) in [5.41, 5.74) is 0.614. The normalized spacial score (nSPS) is 10.6. The molecule has 0 amide bonds. The van der Waals surface area contributed by atoms with Gasteiger partial charge in [-0.2, -0.15) is 0 Å². The highest BCUT2D eigenvalue weighted by molar-refractivity contribution is 6.31. The first-order valence-corrected chi connectivity index (χ1v) is 6.46. The van der Waals surface area contributed by atoms with E-state index in [-0.39, 0.29) is 11.6 Å². The third kappa shape index (κ3) is 3.88. The molecular formula is C14H13ClF2N2O. The van der Waals surface area contributed by atoms with E-state index >= 15 is 0 Å². The van der Waals surface area contributed by atoms with Gasteiger partial charge in [0.1, 0.15) is 17.4 Å². The Kier molecular flexibility index (Phi) is 4.87. The van der Waals surface area contributed by atoms with Gasteiger partial charge in [-0.1, -0.05) is 18.5 Å². The van der Waals surface area contributed by atoms with Crippen molar-refractivity contribution >= 4 is 11.6 Å². The highest BCUT2D eigenvalue weighted by atomic mass is 35.5. The van der Waals surface area contributed by atoms with Crippen LogP contribution in [0.2, 0.25) is 5.02 Å². The highest BCUT2D eigenvalue weighted by Gasteiger charge is 2.07. The van der Waals surface area contributed by atoms with Crippen molar-refractivity contribution in [1.82, 2.24) is 10.3 Å². The van der Waals surface area contributed by atoms with E-state index in [0.717, 1.165) is 24.7 Å². The highest BCUT2D eigenvalue weighted by Crippen LogP contribution is 2.24. The molecule has 106 valence electrons. The summed E-state index contributed by atoms with van der Waals surface area (Å²) in [6.45, 7) is 3.23. The van der Waals surface area contributed by atoms with Crippen molar-refractivity contribution in [2.75, 3.05) is 6.54 Å². The third-order valence-corrected chi connectivity index (χ3v) is 2.84. The van der Waals surface area contributed by atoms with E-state index in [1.807, 2.05) is 6.92 Å². The number of hydrogen-bond donors (Lipinski definition) is 1. The minimum Gasteiger partial charge on any atom is -0.439 e. The average Bonchev–Trinajstić information content (AvgIpc) is 2.38. The summed E-state index contributed by atoms with van der Waals surface area (Å²) in [5, 5.41) is 3.60. The van der Waals surface area contributed by atoms with Gasteiger partial charge in [0.05, 0.1) is 10.7 Å². The first kappa shape index (κ1) is 14.7. The largest absolute Gasteiger partial charge is 0.439 e. The zero-order valence-electron chi connectivity index (χ0n) is 10.8. The number of hydrogen-bond acceptors (Lipinski definition) is 3. The van der Waals surface area contributed by atoms with Crippen molar-refractivity contribution in [3.8, 4) is 11.6 Å². The molecular weight excluding hydrogens is 286 g/mol. The first-order chi connectivity index (χ1) is 9.58. The van der Waals surface area contributed by atoms with Crippen LogP contribution in [-0.4, -0.2) is 11.5 Å². The topological polar surface area (TPSA) is 34.2 Å². The molecule has 0 saturated heterocycles. The van der Waals surface area contributed by atoms with Crippen LogP contribution in [0.4, 0.5) is 8.78 Å². The van der Waals surface area contributed by atoms with Gasteiger partial charge in [0.15, 0.2) is 0 Å². The van der Waals surface area contributed by atoms with Crippen LogP contribution < -0.4 is 10.1 Å². The molecule has 0 bridgehead atoms. The smallest absolute Gasteiger partial charge is 0.219 e. The van der Waals surface area contributed by atoms with Crippen molar-refractivity contribution in [1.29, 1.82) is 0 Å². The number of rotatable bonds is 5. The third-order valence-electron chi connectivity index (χ3n) is 2.49. The van der Waals surface area contributed by atoms with Crippen LogP contribution in [0, 0.1) is 11.6 Å². The molecule has 0 radical (unpaired) electrons. The molecule has 0 atom stereocenters. The summed E-state index contributed by atoms with van der Waals surface area (Å²) in [4.78, 5) is 4.20. The SMILES string of the molecule is CCNCc1nc(Oc2cc(F)cc(F)c2)ccc1Cl. The number of aromatic nitrogens is 1. The fraction of sp³-hybridized carbons (Fsp3) is 0.214. The summed E-state index contributed by atoms with van der Waals surface area (Å²) in [6, 6.07) is 6.12. The molecule has 3 nitrogen and oxygen atoms in total. The van der Waals surface area contributed by atoms with Crippen LogP contribution in [0.15, 0.2) is 30.3 Å². The van der Waals surface area contributed by atoms with Gasteiger partial charge >= 0.3 is 0 Å². The summed E-state index contributed by atoms with van der Waals surface area (Å²) in [7, 11) is 0. The lowest BCUT2D eigenvalue weighted by Crippen LogP contribution is -2.13. The molecule has 1 aromatic heterocycles. The first-order valence-electron chi connectivity index (χ1n) is 6.08. The van der Waals surface area contributed by atoms with Crippen LogP contribution in [0.3, 0.4) is 0 Å². The molecule has 0 saturated carbocycles. The van der Waals surface area contributed by atoms with Gasteiger partial charge in [0.2, 0.25) is 5.88 Å². The Morgan fingerprint density at radius 3 is 2.55 bits per heavy atom. The molecule has 0 unspecified atom stereocenters. The number of nitrogens with zero attached hydrogens (tertiary/aromatic N) is 1. The number of pyridine rings is 1. The number of benzene rings is 1. The van der Waals surface area contributed by atoms with E-state index in [9.17, 15) is 8.78 Å². The van der Waals surface area contributed by atoms with E-state index in [0.29, 0.717) is 17.3 Å². The monoisotopic (exact) mass is 298 g/mol. The standard InChI is InChI=1S/C14H13ClF2N2O/c1-2-18-8-13-12(15)3-4-14(19-13)20-11-6-9(16)5-10(17)7-11/h3-7,18H,2,8H2,1H3. The van der Waals surface area contributed by atoms with Crippen molar-refractivity contribution in [2.24, 2.45) is 0 Å².